The first-order valence-electron chi connectivity index (χ1n) is 7.17. The molecule has 1 aliphatic rings. The van der Waals surface area contributed by atoms with Gasteiger partial charge in [-0.25, -0.2) is 9.48 Å². The van der Waals surface area contributed by atoms with Crippen LogP contribution in [0.2, 0.25) is 0 Å². The molecular weight excluding hydrogens is 338 g/mol. The molecule has 0 saturated carbocycles. The molecule has 3 rings (SSSR count). The van der Waals surface area contributed by atoms with Crippen molar-refractivity contribution in [1.29, 1.82) is 0 Å². The van der Waals surface area contributed by atoms with Crippen molar-refractivity contribution in [3.05, 3.63) is 71.3 Å². The van der Waals surface area contributed by atoms with Crippen LogP contribution in [0.15, 0.2) is 54.1 Å². The lowest BCUT2D eigenvalue weighted by Gasteiger charge is -2.30. The fraction of sp³-hybridized carbons (Fsp3) is 0.222. The van der Waals surface area contributed by atoms with Gasteiger partial charge in [0.15, 0.2) is 6.34 Å². The van der Waals surface area contributed by atoms with E-state index in [0.29, 0.717) is 4.48 Å². The van der Waals surface area contributed by atoms with E-state index < -0.39 is 0 Å². The van der Waals surface area contributed by atoms with Crippen LogP contribution < -0.4 is 21.5 Å². The quantitative estimate of drug-likeness (QED) is 0.753. The van der Waals surface area contributed by atoms with Crippen LogP contribution >= 0.6 is 0 Å². The van der Waals surface area contributed by atoms with Gasteiger partial charge in [0.1, 0.15) is 18.4 Å². The molecule has 0 radical (unpaired) electrons. The first-order chi connectivity index (χ1) is 10.1. The van der Waals surface area contributed by atoms with Crippen LogP contribution in [-0.4, -0.2) is 11.3 Å². The molecule has 3 nitrogen and oxygen atoms in total. The lowest BCUT2D eigenvalue weighted by molar-refractivity contribution is -0.00000450. The van der Waals surface area contributed by atoms with Crippen molar-refractivity contribution in [2.24, 2.45) is 4.99 Å². The van der Waals surface area contributed by atoms with Crippen molar-refractivity contribution in [3.63, 3.8) is 0 Å². The van der Waals surface area contributed by atoms with Crippen molar-refractivity contribution >= 4 is 12.0 Å². The molecule has 2 heterocycles. The maximum atomic E-state index is 4.36. The molecule has 1 aromatic heterocycles. The van der Waals surface area contributed by atoms with Gasteiger partial charge in [0, 0.05) is 29.1 Å². The average molecular weight is 358 g/mol. The van der Waals surface area contributed by atoms with Gasteiger partial charge in [-0.1, -0.05) is 23.8 Å². The van der Waals surface area contributed by atoms with Gasteiger partial charge in [-0.2, -0.15) is 0 Å². The average Bonchev–Trinajstić information content (AvgIpc) is 2.87. The number of hydrogen-bond donors (Lipinski definition) is 0. The maximum Gasteiger partial charge on any atom is 0.200 e. The van der Waals surface area contributed by atoms with Gasteiger partial charge in [-0.15, -0.1) is 0 Å². The second kappa shape index (κ2) is 6.55. The topological polar surface area (TPSA) is 25.2 Å². The van der Waals surface area contributed by atoms with Crippen LogP contribution in [-0.2, 0) is 6.54 Å². The largest absolute Gasteiger partial charge is 1.00 e. The van der Waals surface area contributed by atoms with Crippen LogP contribution in [0, 0.1) is 20.8 Å². The zero-order valence-electron chi connectivity index (χ0n) is 13.1. The molecule has 22 heavy (non-hydrogen) atoms. The number of pyridine rings is 1. The first-order valence-corrected chi connectivity index (χ1v) is 7.17. The van der Waals surface area contributed by atoms with E-state index in [1.165, 1.54) is 27.9 Å². The number of aryl methyl sites for hydroxylation is 3. The number of nitrogens with zero attached hydrogens (tertiary/aromatic N) is 3. The van der Waals surface area contributed by atoms with E-state index in [4.69, 9.17) is 0 Å². The Morgan fingerprint density at radius 3 is 2.36 bits per heavy atom. The van der Waals surface area contributed by atoms with Crippen LogP contribution in [0.5, 0.6) is 0 Å². The van der Waals surface area contributed by atoms with Gasteiger partial charge in [0.2, 0.25) is 0 Å². The molecule has 1 aromatic carbocycles. The Balaban J connectivity index is 0.00000176. The minimum Gasteiger partial charge on any atom is -1.00 e. The van der Waals surface area contributed by atoms with E-state index in [2.05, 4.69) is 55.1 Å². The normalized spacial score (nSPS) is 19.2. The third-order valence-corrected chi connectivity index (χ3v) is 3.91. The smallest absolute Gasteiger partial charge is 0.200 e. The maximum absolute atomic E-state index is 4.36. The minimum atomic E-state index is 0. The Hall–Kier alpha value is -1.78. The molecule has 1 atom stereocenters. The SMILES string of the molecule is Cc1cc(C)c([N+]2(Cc3cccnc3)C=CN=C2)c(C)c1.[Br-]. The van der Waals surface area contributed by atoms with Gasteiger partial charge in [-0.3, -0.25) is 4.98 Å². The number of rotatable bonds is 3. The van der Waals surface area contributed by atoms with Gasteiger partial charge in [0.05, 0.1) is 6.20 Å². The van der Waals surface area contributed by atoms with E-state index in [9.17, 15) is 0 Å². The fourth-order valence-electron chi connectivity index (χ4n) is 3.28. The molecule has 0 amide bonds. The number of aliphatic imine (C=N–C) groups is 1. The monoisotopic (exact) mass is 357 g/mol. The molecule has 0 saturated heterocycles. The summed E-state index contributed by atoms with van der Waals surface area (Å²) in [5, 5.41) is 0. The van der Waals surface area contributed by atoms with Crippen LogP contribution in [0.1, 0.15) is 22.3 Å². The standard InChI is InChI=1S/C18H20N3.BrH/c1-14-9-15(2)18(16(3)10-14)21(8-7-20-13-21)12-17-5-4-6-19-11-17;/h4-11,13H,12H2,1-3H3;1H/q+1;/p-1. The zero-order chi connectivity index (χ0) is 14.9. The predicted octanol–water partition coefficient (Wildman–Crippen LogP) is 1.03. The van der Waals surface area contributed by atoms with E-state index in [1.807, 2.05) is 31.0 Å². The molecule has 0 aliphatic carbocycles. The highest BCUT2D eigenvalue weighted by Crippen LogP contribution is 2.35. The summed E-state index contributed by atoms with van der Waals surface area (Å²) in [5.74, 6) is 0. The third-order valence-electron chi connectivity index (χ3n) is 3.91. The number of benzene rings is 1. The number of halogens is 1. The van der Waals surface area contributed by atoms with Crippen molar-refractivity contribution in [2.75, 3.05) is 0 Å². The summed E-state index contributed by atoms with van der Waals surface area (Å²) >= 11 is 0. The predicted molar refractivity (Wildman–Crippen MR) is 88.0 cm³/mol. The Morgan fingerprint density at radius 2 is 1.82 bits per heavy atom. The van der Waals surface area contributed by atoms with Gasteiger partial charge in [-0.05, 0) is 26.8 Å². The summed E-state index contributed by atoms with van der Waals surface area (Å²) in [5.41, 5.74) is 6.41. The van der Waals surface area contributed by atoms with Gasteiger partial charge < -0.3 is 17.0 Å². The highest BCUT2D eigenvalue weighted by Gasteiger charge is 2.33. The highest BCUT2D eigenvalue weighted by molar-refractivity contribution is 5.81. The van der Waals surface area contributed by atoms with Crippen molar-refractivity contribution in [3.8, 4) is 0 Å². The Labute approximate surface area is 142 Å². The van der Waals surface area contributed by atoms with E-state index >= 15 is 0 Å². The van der Waals surface area contributed by atoms with E-state index in [1.54, 1.807) is 0 Å². The fourth-order valence-corrected chi connectivity index (χ4v) is 3.28. The van der Waals surface area contributed by atoms with Crippen LogP contribution in [0.3, 0.4) is 0 Å². The number of aromatic nitrogens is 1. The molecule has 1 aliphatic heterocycles. The summed E-state index contributed by atoms with van der Waals surface area (Å²) < 4.78 is 0.629. The van der Waals surface area contributed by atoms with Gasteiger partial charge >= 0.3 is 0 Å². The zero-order valence-corrected chi connectivity index (χ0v) is 14.7. The lowest BCUT2D eigenvalue weighted by atomic mass is 10.0. The van der Waals surface area contributed by atoms with E-state index in [0.717, 1.165) is 6.54 Å². The van der Waals surface area contributed by atoms with Crippen molar-refractivity contribution in [2.45, 2.75) is 27.3 Å². The van der Waals surface area contributed by atoms with Gasteiger partial charge in [0.25, 0.3) is 0 Å². The second-order valence-corrected chi connectivity index (χ2v) is 5.76. The summed E-state index contributed by atoms with van der Waals surface area (Å²) in [6.07, 6.45) is 9.79. The molecule has 114 valence electrons. The van der Waals surface area contributed by atoms with Crippen LogP contribution in [0.4, 0.5) is 5.69 Å². The molecule has 2 aromatic rings. The van der Waals surface area contributed by atoms with Crippen LogP contribution in [0.25, 0.3) is 0 Å². The van der Waals surface area contributed by atoms with Crippen molar-refractivity contribution < 1.29 is 17.0 Å². The molecule has 1 unspecified atom stereocenters. The number of quaternary nitrogens is 1. The summed E-state index contributed by atoms with van der Waals surface area (Å²) in [4.78, 5) is 8.59. The lowest BCUT2D eigenvalue weighted by Crippen LogP contribution is -3.00. The molecule has 0 N–H and O–H groups in total. The number of hydrogen-bond acceptors (Lipinski definition) is 2. The molecule has 0 bridgehead atoms. The minimum absolute atomic E-state index is 0. The summed E-state index contributed by atoms with van der Waals surface area (Å²) in [6, 6.07) is 8.58. The molecular formula is C18H20BrN3. The second-order valence-electron chi connectivity index (χ2n) is 5.76. The van der Waals surface area contributed by atoms with Crippen molar-refractivity contribution in [1.82, 2.24) is 9.47 Å². The molecule has 0 spiro atoms. The Morgan fingerprint density at radius 1 is 1.09 bits per heavy atom. The summed E-state index contributed by atoms with van der Waals surface area (Å²) in [6.45, 7) is 7.33. The third kappa shape index (κ3) is 3.03. The Kier molecular flexibility index (Phi) is 4.94. The first kappa shape index (κ1) is 16.6. The molecule has 0 fully saturated rings. The highest BCUT2D eigenvalue weighted by atomic mass is 79.9. The molecule has 4 heteroatoms. The Bertz CT molecular complexity index is 685. The van der Waals surface area contributed by atoms with E-state index in [-0.39, 0.29) is 17.0 Å². The summed E-state index contributed by atoms with van der Waals surface area (Å²) in [7, 11) is 0.